The molecular formula is C13H11FN4O. The van der Waals surface area contributed by atoms with Crippen molar-refractivity contribution in [3.05, 3.63) is 41.5 Å². The number of nitrogens with one attached hydrogen (secondary N) is 1. The Hall–Kier alpha value is -2.68. The lowest BCUT2D eigenvalue weighted by Gasteiger charge is -2.08. The van der Waals surface area contributed by atoms with Crippen molar-refractivity contribution in [3.63, 3.8) is 0 Å². The normalized spacial score (nSPS) is 9.79. The average Bonchev–Trinajstić information content (AvgIpc) is 2.38. The number of benzene rings is 1. The lowest BCUT2D eigenvalue weighted by Crippen LogP contribution is -1.99. The molecule has 0 saturated heterocycles. The number of ether oxygens (including phenoxy) is 1. The molecule has 2 rings (SSSR count). The molecular weight excluding hydrogens is 247 g/mol. The minimum atomic E-state index is -0.625. The second-order valence-corrected chi connectivity index (χ2v) is 3.72. The highest BCUT2D eigenvalue weighted by molar-refractivity contribution is 5.46. The number of halogens is 1. The number of aryl methyl sites for hydroxylation is 1. The summed E-state index contributed by atoms with van der Waals surface area (Å²) in [6.07, 6.45) is 0. The van der Waals surface area contributed by atoms with Gasteiger partial charge in [-0.1, -0.05) is 6.07 Å². The van der Waals surface area contributed by atoms with E-state index in [1.807, 2.05) is 0 Å². The van der Waals surface area contributed by atoms with E-state index in [1.54, 1.807) is 26.1 Å². The van der Waals surface area contributed by atoms with E-state index < -0.39 is 5.82 Å². The number of aromatic nitrogens is 2. The first kappa shape index (κ1) is 12.8. The quantitative estimate of drug-likeness (QED) is 0.916. The Labute approximate surface area is 109 Å². The maximum absolute atomic E-state index is 13.4. The highest BCUT2D eigenvalue weighted by Gasteiger charge is 2.11. The van der Waals surface area contributed by atoms with Gasteiger partial charge in [0, 0.05) is 13.1 Å². The fraction of sp³-hybridized carbons (Fsp3) is 0.154. The van der Waals surface area contributed by atoms with E-state index >= 15 is 0 Å². The van der Waals surface area contributed by atoms with Crippen LogP contribution in [0.4, 0.5) is 10.2 Å². The molecule has 0 amide bonds. The molecule has 0 fully saturated rings. The van der Waals surface area contributed by atoms with Crippen LogP contribution in [0.2, 0.25) is 0 Å². The van der Waals surface area contributed by atoms with Gasteiger partial charge < -0.3 is 10.1 Å². The topological polar surface area (TPSA) is 70.8 Å². The Bertz CT molecular complexity index is 652. The second-order valence-electron chi connectivity index (χ2n) is 3.72. The third-order valence-electron chi connectivity index (χ3n) is 2.37. The minimum absolute atomic E-state index is 0.127. The van der Waals surface area contributed by atoms with E-state index in [2.05, 4.69) is 15.3 Å². The molecule has 0 bridgehead atoms. The van der Waals surface area contributed by atoms with Crippen molar-refractivity contribution in [1.29, 1.82) is 5.26 Å². The first-order valence-electron chi connectivity index (χ1n) is 5.54. The summed E-state index contributed by atoms with van der Waals surface area (Å²) in [6.45, 7) is 1.71. The first-order valence-corrected chi connectivity index (χ1v) is 5.54. The number of hydrogen-bond acceptors (Lipinski definition) is 5. The smallest absolute Gasteiger partial charge is 0.224 e. The van der Waals surface area contributed by atoms with Crippen LogP contribution < -0.4 is 10.1 Å². The monoisotopic (exact) mass is 258 g/mol. The van der Waals surface area contributed by atoms with Crippen molar-refractivity contribution in [1.82, 2.24) is 9.97 Å². The molecule has 0 aliphatic carbocycles. The van der Waals surface area contributed by atoms with Crippen LogP contribution in [-0.4, -0.2) is 17.0 Å². The zero-order chi connectivity index (χ0) is 13.8. The molecule has 0 radical (unpaired) electrons. The van der Waals surface area contributed by atoms with Gasteiger partial charge in [0.25, 0.3) is 0 Å². The Morgan fingerprint density at radius 2 is 2.16 bits per heavy atom. The molecule has 0 saturated carbocycles. The average molecular weight is 258 g/mol. The van der Waals surface area contributed by atoms with Crippen LogP contribution in [-0.2, 0) is 0 Å². The fourth-order valence-electron chi connectivity index (χ4n) is 1.53. The van der Waals surface area contributed by atoms with Crippen molar-refractivity contribution in [2.75, 3.05) is 12.4 Å². The number of nitriles is 1. The molecule has 0 aliphatic rings. The molecule has 0 atom stereocenters. The van der Waals surface area contributed by atoms with Crippen LogP contribution in [0.15, 0.2) is 24.3 Å². The molecule has 1 aromatic carbocycles. The molecule has 1 aromatic heterocycles. The molecule has 1 heterocycles. The molecule has 96 valence electrons. The zero-order valence-corrected chi connectivity index (χ0v) is 10.4. The third kappa shape index (κ3) is 2.77. The summed E-state index contributed by atoms with van der Waals surface area (Å²) in [5.74, 6) is 0.843. The third-order valence-corrected chi connectivity index (χ3v) is 2.37. The highest BCUT2D eigenvalue weighted by Crippen LogP contribution is 2.26. The van der Waals surface area contributed by atoms with Crippen LogP contribution in [0.3, 0.4) is 0 Å². The Kier molecular flexibility index (Phi) is 3.57. The maximum atomic E-state index is 13.4. The molecule has 0 spiro atoms. The maximum Gasteiger partial charge on any atom is 0.224 e. The van der Waals surface area contributed by atoms with Crippen LogP contribution in [0.25, 0.3) is 0 Å². The van der Waals surface area contributed by atoms with Gasteiger partial charge in [-0.15, -0.1) is 0 Å². The van der Waals surface area contributed by atoms with Crippen LogP contribution in [0.1, 0.15) is 11.4 Å². The van der Waals surface area contributed by atoms with Crippen molar-refractivity contribution in [2.45, 2.75) is 6.92 Å². The Morgan fingerprint density at radius 1 is 1.37 bits per heavy atom. The van der Waals surface area contributed by atoms with Crippen molar-refractivity contribution < 1.29 is 9.13 Å². The lowest BCUT2D eigenvalue weighted by molar-refractivity contribution is 0.453. The van der Waals surface area contributed by atoms with Crippen LogP contribution >= 0.6 is 0 Å². The summed E-state index contributed by atoms with van der Waals surface area (Å²) in [6, 6.07) is 7.52. The lowest BCUT2D eigenvalue weighted by atomic mass is 10.2. The van der Waals surface area contributed by atoms with Gasteiger partial charge >= 0.3 is 0 Å². The van der Waals surface area contributed by atoms with Gasteiger partial charge in [-0.25, -0.2) is 9.37 Å². The van der Waals surface area contributed by atoms with Crippen molar-refractivity contribution in [2.24, 2.45) is 0 Å². The van der Waals surface area contributed by atoms with Crippen LogP contribution in [0.5, 0.6) is 11.6 Å². The Balaban J connectivity index is 2.39. The van der Waals surface area contributed by atoms with Gasteiger partial charge in [0.2, 0.25) is 5.88 Å². The predicted molar refractivity (Wildman–Crippen MR) is 67.5 cm³/mol. The molecule has 1 N–H and O–H groups in total. The molecule has 0 aliphatic heterocycles. The minimum Gasteiger partial charge on any atom is -0.437 e. The van der Waals surface area contributed by atoms with Gasteiger partial charge in [-0.2, -0.15) is 10.2 Å². The standard InChI is InChI=1S/C13H11FN4O/c1-8-17-12(16-2)6-13(18-8)19-11-5-3-4-10(14)9(11)7-15/h3-6H,1-2H3,(H,16,17,18). The van der Waals surface area contributed by atoms with Gasteiger partial charge in [-0.05, 0) is 19.1 Å². The summed E-state index contributed by atoms with van der Waals surface area (Å²) in [5, 5.41) is 11.8. The van der Waals surface area contributed by atoms with E-state index in [0.29, 0.717) is 11.6 Å². The largest absolute Gasteiger partial charge is 0.437 e. The van der Waals surface area contributed by atoms with E-state index in [0.717, 1.165) is 0 Å². The number of hydrogen-bond donors (Lipinski definition) is 1. The molecule has 5 nitrogen and oxygen atoms in total. The zero-order valence-electron chi connectivity index (χ0n) is 10.4. The predicted octanol–water partition coefficient (Wildman–Crippen LogP) is 2.63. The summed E-state index contributed by atoms with van der Waals surface area (Å²) in [7, 11) is 1.72. The van der Waals surface area contributed by atoms with E-state index in [4.69, 9.17) is 10.00 Å². The molecule has 19 heavy (non-hydrogen) atoms. The van der Waals surface area contributed by atoms with Gasteiger partial charge in [0.1, 0.15) is 34.8 Å². The van der Waals surface area contributed by atoms with Crippen molar-refractivity contribution in [3.8, 4) is 17.7 Å². The second kappa shape index (κ2) is 5.31. The Morgan fingerprint density at radius 3 is 2.84 bits per heavy atom. The van der Waals surface area contributed by atoms with Gasteiger partial charge in [-0.3, -0.25) is 0 Å². The van der Waals surface area contributed by atoms with Crippen molar-refractivity contribution >= 4 is 5.82 Å². The van der Waals surface area contributed by atoms with Gasteiger partial charge in [0.15, 0.2) is 0 Å². The summed E-state index contributed by atoms with van der Waals surface area (Å²) in [4.78, 5) is 8.19. The van der Waals surface area contributed by atoms with E-state index in [9.17, 15) is 4.39 Å². The SMILES string of the molecule is CNc1cc(Oc2cccc(F)c2C#N)nc(C)n1. The van der Waals surface area contributed by atoms with Gasteiger partial charge in [0.05, 0.1) is 0 Å². The number of rotatable bonds is 3. The van der Waals surface area contributed by atoms with E-state index in [1.165, 1.54) is 18.2 Å². The molecule has 2 aromatic rings. The summed E-state index contributed by atoms with van der Waals surface area (Å²) in [5.41, 5.74) is -0.148. The first-order chi connectivity index (χ1) is 9.13. The molecule has 0 unspecified atom stereocenters. The summed E-state index contributed by atoms with van der Waals surface area (Å²) < 4.78 is 18.9. The highest BCUT2D eigenvalue weighted by atomic mass is 19.1. The molecule has 6 heteroatoms. The van der Waals surface area contributed by atoms with Crippen LogP contribution in [0, 0.1) is 24.1 Å². The van der Waals surface area contributed by atoms with E-state index in [-0.39, 0.29) is 17.2 Å². The summed E-state index contributed by atoms with van der Waals surface area (Å²) >= 11 is 0. The number of nitrogens with zero attached hydrogens (tertiary/aromatic N) is 3. The number of anilines is 1. The fourth-order valence-corrected chi connectivity index (χ4v) is 1.53.